The van der Waals surface area contributed by atoms with Gasteiger partial charge >= 0.3 is 19.8 Å². The number of carbonyl (C=O) groups is 2. The van der Waals surface area contributed by atoms with Gasteiger partial charge in [-0.1, -0.05) is 220 Å². The van der Waals surface area contributed by atoms with Crippen LogP contribution in [0, 0.1) is 0 Å². The van der Waals surface area contributed by atoms with E-state index in [1.165, 1.54) is 0 Å². The van der Waals surface area contributed by atoms with Crippen LogP contribution < -0.4 is 5.73 Å². The van der Waals surface area contributed by atoms with Crippen LogP contribution in [0.25, 0.3) is 0 Å². The molecule has 0 aromatic heterocycles. The second-order valence-electron chi connectivity index (χ2n) is 17.7. The molecule has 2 unspecified atom stereocenters. The van der Waals surface area contributed by atoms with E-state index < -0.39 is 32.5 Å². The fourth-order valence-electron chi connectivity index (χ4n) is 6.53. The summed E-state index contributed by atoms with van der Waals surface area (Å²) < 4.78 is 32.9. The summed E-state index contributed by atoms with van der Waals surface area (Å²) in [5.74, 6) is -0.972. The first-order valence-electron chi connectivity index (χ1n) is 28.6. The topological polar surface area (TPSA) is 134 Å². The van der Waals surface area contributed by atoms with Crippen molar-refractivity contribution in [1.82, 2.24) is 0 Å². The molecule has 3 N–H and O–H groups in total. The third kappa shape index (κ3) is 59.7. The minimum absolute atomic E-state index is 0.0247. The Bertz CT molecular complexity index is 2000. The first kappa shape index (κ1) is 71.6. The fourth-order valence-corrected chi connectivity index (χ4v) is 7.30. The Morgan fingerprint density at radius 1 is 0.390 bits per heavy atom. The van der Waals surface area contributed by atoms with Crippen molar-refractivity contribution in [1.29, 1.82) is 0 Å². The third-order valence-electron chi connectivity index (χ3n) is 10.7. The van der Waals surface area contributed by atoms with E-state index in [2.05, 4.69) is 214 Å². The van der Waals surface area contributed by atoms with Gasteiger partial charge in [-0.3, -0.25) is 18.6 Å². The van der Waals surface area contributed by atoms with Gasteiger partial charge in [-0.2, -0.15) is 0 Å². The van der Waals surface area contributed by atoms with Gasteiger partial charge < -0.3 is 20.1 Å². The van der Waals surface area contributed by atoms with Gasteiger partial charge in [0.2, 0.25) is 0 Å². The smallest absolute Gasteiger partial charge is 0.462 e. The first-order valence-corrected chi connectivity index (χ1v) is 30.1. The summed E-state index contributed by atoms with van der Waals surface area (Å²) in [7, 11) is -4.43. The molecule has 0 aromatic rings. The number of unbranched alkanes of at least 4 members (excludes halogenated alkanes) is 3. The maximum atomic E-state index is 12.7. The molecule has 0 saturated heterocycles. The lowest BCUT2D eigenvalue weighted by Crippen LogP contribution is -2.29. The highest BCUT2D eigenvalue weighted by Gasteiger charge is 2.26. The molecule has 10 heteroatoms. The molecule has 0 fully saturated rings. The van der Waals surface area contributed by atoms with E-state index in [0.717, 1.165) is 122 Å². The van der Waals surface area contributed by atoms with Crippen molar-refractivity contribution in [3.8, 4) is 0 Å². The lowest BCUT2D eigenvalue weighted by molar-refractivity contribution is -0.161. The third-order valence-corrected chi connectivity index (χ3v) is 11.6. The molecule has 2 atom stereocenters. The lowest BCUT2D eigenvalue weighted by Gasteiger charge is -2.19. The molecule has 0 aliphatic rings. The molecular weight excluding hydrogens is 978 g/mol. The minimum atomic E-state index is -4.43. The van der Waals surface area contributed by atoms with Gasteiger partial charge in [0.1, 0.15) is 6.61 Å². The molecule has 0 saturated carbocycles. The van der Waals surface area contributed by atoms with Crippen molar-refractivity contribution in [3.05, 3.63) is 207 Å². The van der Waals surface area contributed by atoms with E-state index in [1.54, 1.807) is 0 Å². The van der Waals surface area contributed by atoms with Crippen LogP contribution in [-0.2, 0) is 32.7 Å². The van der Waals surface area contributed by atoms with Crippen LogP contribution in [0.4, 0.5) is 0 Å². The minimum Gasteiger partial charge on any atom is -0.462 e. The number of hydrogen-bond donors (Lipinski definition) is 2. The quantitative estimate of drug-likeness (QED) is 0.0264. The zero-order valence-electron chi connectivity index (χ0n) is 47.3. The van der Waals surface area contributed by atoms with Crippen molar-refractivity contribution in [2.45, 2.75) is 174 Å². The molecule has 0 amide bonds. The summed E-state index contributed by atoms with van der Waals surface area (Å²) in [5, 5.41) is 0. The number of phosphoric ester groups is 1. The lowest BCUT2D eigenvalue weighted by atomic mass is 10.2. The van der Waals surface area contributed by atoms with E-state index in [4.69, 9.17) is 24.3 Å². The maximum Gasteiger partial charge on any atom is 0.472 e. The van der Waals surface area contributed by atoms with Gasteiger partial charge in [-0.15, -0.1) is 0 Å². The number of nitrogens with two attached hydrogens (primary N) is 1. The Balaban J connectivity index is 4.27. The summed E-state index contributed by atoms with van der Waals surface area (Å²) in [5.41, 5.74) is 5.37. The molecule has 0 aliphatic heterocycles. The zero-order valence-corrected chi connectivity index (χ0v) is 48.2. The number of hydrogen-bond acceptors (Lipinski definition) is 8. The molecule has 9 nitrogen and oxygen atoms in total. The highest BCUT2D eigenvalue weighted by Crippen LogP contribution is 2.43. The van der Waals surface area contributed by atoms with E-state index in [0.29, 0.717) is 19.3 Å². The summed E-state index contributed by atoms with van der Waals surface area (Å²) in [6, 6.07) is 0. The molecular formula is C67H100NO8P. The van der Waals surface area contributed by atoms with Gasteiger partial charge in [0, 0.05) is 19.4 Å². The molecule has 0 aliphatic carbocycles. The molecule has 0 spiro atoms. The molecule has 0 rings (SSSR count). The van der Waals surface area contributed by atoms with Crippen molar-refractivity contribution >= 4 is 19.8 Å². The second-order valence-corrected chi connectivity index (χ2v) is 19.1. The number of allylic oxidation sites excluding steroid dienone is 34. The van der Waals surface area contributed by atoms with Gasteiger partial charge in [-0.25, -0.2) is 4.57 Å². The van der Waals surface area contributed by atoms with Crippen LogP contribution in [-0.4, -0.2) is 49.3 Å². The first-order chi connectivity index (χ1) is 37.8. The van der Waals surface area contributed by atoms with E-state index in [-0.39, 0.29) is 32.6 Å². The fraction of sp³-hybridized carbons (Fsp3) is 0.463. The van der Waals surface area contributed by atoms with E-state index >= 15 is 0 Å². The molecule has 0 bridgehead atoms. The number of carbonyl (C=O) groups excluding carboxylic acids is 2. The van der Waals surface area contributed by atoms with Crippen molar-refractivity contribution in [3.63, 3.8) is 0 Å². The standard InChI is InChI=1S/C67H100NO8P/c1-3-5-7-9-11-13-15-17-19-21-23-25-27-29-31-32-34-36-38-40-42-44-46-48-50-52-54-56-58-60-67(70)76-65(64-75-77(71,72)74-62-61-68)63-73-66(69)59-57-55-53-51-49-47-45-43-41-39-37-35-33-30-28-26-24-22-20-18-16-14-12-10-8-6-4-2/h5-8,11-14,17-20,23-26,29-31,33-34,36-37,39-40,42-43,45-46,48-49,51-52,54,65H,3-4,9-10,15-16,21-22,27-28,32,35,38,41,44,47,50,53,55-64,68H2,1-2H3,(H,71,72)/b7-5-,8-6-,13-11-,14-12-,19-17-,20-18-,25-23-,26-24-,31-29-,33-30-,36-34-,39-37-,42-40-,45-43-,48-46-,51-49-,54-52-. The Labute approximate surface area is 468 Å². The number of phosphoric acid groups is 1. The summed E-state index contributed by atoms with van der Waals surface area (Å²) in [6.07, 6.45) is 93.1. The second kappa shape index (κ2) is 59.8. The molecule has 0 aromatic carbocycles. The van der Waals surface area contributed by atoms with Crippen molar-refractivity contribution < 1.29 is 37.6 Å². The number of ether oxygens (including phenoxy) is 2. The molecule has 77 heavy (non-hydrogen) atoms. The van der Waals surface area contributed by atoms with Gasteiger partial charge in [0.15, 0.2) is 6.10 Å². The Morgan fingerprint density at radius 2 is 0.675 bits per heavy atom. The number of rotatable bonds is 50. The predicted molar refractivity (Wildman–Crippen MR) is 329 cm³/mol. The van der Waals surface area contributed by atoms with Gasteiger partial charge in [-0.05, 0) is 141 Å². The Hall–Kier alpha value is -5.41. The predicted octanol–water partition coefficient (Wildman–Crippen LogP) is 18.4. The van der Waals surface area contributed by atoms with Crippen molar-refractivity contribution in [2.24, 2.45) is 5.73 Å². The van der Waals surface area contributed by atoms with E-state index in [1.807, 2.05) is 6.08 Å². The maximum absolute atomic E-state index is 12.7. The van der Waals surface area contributed by atoms with Crippen LogP contribution >= 0.6 is 7.82 Å². The van der Waals surface area contributed by atoms with Crippen LogP contribution in [0.1, 0.15) is 168 Å². The zero-order chi connectivity index (χ0) is 55.9. The van der Waals surface area contributed by atoms with Crippen LogP contribution in [0.15, 0.2) is 207 Å². The highest BCUT2D eigenvalue weighted by molar-refractivity contribution is 7.47. The number of esters is 2. The summed E-state index contributed by atoms with van der Waals surface area (Å²) in [4.78, 5) is 35.1. The largest absolute Gasteiger partial charge is 0.472 e. The molecule has 0 heterocycles. The molecule has 0 radical (unpaired) electrons. The highest BCUT2D eigenvalue weighted by atomic mass is 31.2. The average molecular weight is 1080 g/mol. The normalized spacial score (nSPS) is 14.6. The monoisotopic (exact) mass is 1080 g/mol. The summed E-state index contributed by atoms with van der Waals surface area (Å²) >= 11 is 0. The summed E-state index contributed by atoms with van der Waals surface area (Å²) in [6.45, 7) is 3.35. The SMILES string of the molecule is CC/C=C\C/C=C\C/C=C\C/C=C\C/C=C\C/C=C\C/C=C\C/C=C\C/C=C\CCCC(=O)OC(COC(=O)CCCC/C=C\C/C=C\C/C=C\C/C=C\C/C=C\C/C=C\C/C=C\C/C=C\CC)COP(=O)(O)OCCN. The van der Waals surface area contributed by atoms with Crippen LogP contribution in [0.5, 0.6) is 0 Å². The molecule has 426 valence electrons. The Kier molecular flexibility index (Phi) is 55.6. The Morgan fingerprint density at radius 3 is 0.987 bits per heavy atom. The van der Waals surface area contributed by atoms with Gasteiger partial charge in [0.25, 0.3) is 0 Å². The van der Waals surface area contributed by atoms with Crippen molar-refractivity contribution in [2.75, 3.05) is 26.4 Å². The van der Waals surface area contributed by atoms with Gasteiger partial charge in [0.05, 0.1) is 13.2 Å². The van der Waals surface area contributed by atoms with E-state index in [9.17, 15) is 19.0 Å². The van der Waals surface area contributed by atoms with Crippen LogP contribution in [0.2, 0.25) is 0 Å². The average Bonchev–Trinajstić information content (AvgIpc) is 3.42. The van der Waals surface area contributed by atoms with Crippen LogP contribution in [0.3, 0.4) is 0 Å².